The van der Waals surface area contributed by atoms with Gasteiger partial charge in [0.25, 0.3) is 0 Å². The average Bonchev–Trinajstić information content (AvgIpc) is 1.93. The highest BCUT2D eigenvalue weighted by Gasteiger charge is 2.56. The predicted molar refractivity (Wildman–Crippen MR) is 47.7 cm³/mol. The zero-order valence-corrected chi connectivity index (χ0v) is 8.52. The van der Waals surface area contributed by atoms with Crippen LogP contribution in [0.5, 0.6) is 0 Å². The molecule has 0 spiro atoms. The van der Waals surface area contributed by atoms with Crippen LogP contribution in [0, 0.1) is 17.3 Å². The van der Waals surface area contributed by atoms with Crippen molar-refractivity contribution in [3.8, 4) is 0 Å². The fourth-order valence-electron chi connectivity index (χ4n) is 2.48. The molecule has 3 rings (SSSR count). The minimum absolute atomic E-state index is 0.166. The Morgan fingerprint density at radius 3 is 2.45 bits per heavy atom. The molecule has 0 aromatic carbocycles. The zero-order chi connectivity index (χ0) is 8.22. The molecule has 3 atom stereocenters. The molecule has 3 aliphatic carbocycles. The summed E-state index contributed by atoms with van der Waals surface area (Å²) in [5, 5.41) is 0. The van der Waals surface area contributed by atoms with Crippen molar-refractivity contribution < 1.29 is 4.79 Å². The summed E-state index contributed by atoms with van der Waals surface area (Å²) >= 11 is 3.43. The number of fused-ring (bicyclic) bond motifs is 2. The van der Waals surface area contributed by atoms with Crippen molar-refractivity contribution in [2.45, 2.75) is 31.5 Å². The van der Waals surface area contributed by atoms with Crippen LogP contribution in [0.4, 0.5) is 0 Å². The molecular weight excluding hydrogens is 204 g/mol. The Morgan fingerprint density at radius 1 is 1.45 bits per heavy atom. The molecule has 3 fully saturated rings. The lowest BCUT2D eigenvalue weighted by atomic mass is 9.48. The second kappa shape index (κ2) is 2.09. The molecule has 0 radical (unpaired) electrons. The Hall–Kier alpha value is 0.150. The molecular formula is C9H13BrO. The van der Waals surface area contributed by atoms with Gasteiger partial charge in [-0.3, -0.25) is 4.79 Å². The van der Waals surface area contributed by atoms with Crippen LogP contribution in [0.25, 0.3) is 0 Å². The van der Waals surface area contributed by atoms with E-state index in [0.717, 1.165) is 18.8 Å². The first-order chi connectivity index (χ1) is 5.03. The summed E-state index contributed by atoms with van der Waals surface area (Å²) in [6.07, 6.45) is 2.20. The lowest BCUT2D eigenvalue weighted by Crippen LogP contribution is -2.56. The van der Waals surface area contributed by atoms with Crippen molar-refractivity contribution >= 4 is 21.7 Å². The largest absolute Gasteiger partial charge is 0.298 e. The Labute approximate surface area is 75.7 Å². The number of halogens is 1. The van der Waals surface area contributed by atoms with E-state index in [-0.39, 0.29) is 4.83 Å². The molecule has 0 aliphatic heterocycles. The lowest BCUT2D eigenvalue weighted by molar-refractivity contribution is -0.146. The van der Waals surface area contributed by atoms with Gasteiger partial charge in [0.05, 0.1) is 4.83 Å². The van der Waals surface area contributed by atoms with E-state index in [4.69, 9.17) is 0 Å². The maximum absolute atomic E-state index is 11.5. The number of Topliss-reactive ketones (excluding diaryl/α,β-unsaturated/α-hetero) is 1. The number of carbonyl (C=O) groups excluding carboxylic acids is 1. The molecule has 62 valence electrons. The van der Waals surface area contributed by atoms with E-state index >= 15 is 0 Å². The van der Waals surface area contributed by atoms with Gasteiger partial charge < -0.3 is 0 Å². The summed E-state index contributed by atoms with van der Waals surface area (Å²) in [7, 11) is 0. The first kappa shape index (κ1) is 7.78. The highest BCUT2D eigenvalue weighted by atomic mass is 79.9. The summed E-state index contributed by atoms with van der Waals surface area (Å²) in [6, 6.07) is 0. The first-order valence-corrected chi connectivity index (χ1v) is 5.13. The number of hydrogen-bond acceptors (Lipinski definition) is 1. The molecule has 0 saturated heterocycles. The molecule has 1 nitrogen and oxygen atoms in total. The van der Waals surface area contributed by atoms with Crippen molar-refractivity contribution in [2.75, 3.05) is 0 Å². The summed E-state index contributed by atoms with van der Waals surface area (Å²) in [6.45, 7) is 4.45. The van der Waals surface area contributed by atoms with Gasteiger partial charge in [0.2, 0.25) is 0 Å². The third-order valence-corrected chi connectivity index (χ3v) is 4.44. The molecule has 3 saturated carbocycles. The van der Waals surface area contributed by atoms with Crippen molar-refractivity contribution in [1.29, 1.82) is 0 Å². The molecule has 3 aliphatic rings. The minimum atomic E-state index is 0.166. The molecule has 11 heavy (non-hydrogen) atoms. The van der Waals surface area contributed by atoms with Crippen LogP contribution in [-0.2, 0) is 4.79 Å². The van der Waals surface area contributed by atoms with E-state index in [0.29, 0.717) is 17.1 Å². The van der Waals surface area contributed by atoms with Crippen LogP contribution in [0.15, 0.2) is 0 Å². The maximum Gasteiger partial charge on any atom is 0.150 e. The fourth-order valence-corrected chi connectivity index (χ4v) is 3.25. The molecule has 0 aromatic rings. The van der Waals surface area contributed by atoms with E-state index in [1.54, 1.807) is 0 Å². The smallest absolute Gasteiger partial charge is 0.150 e. The number of hydrogen-bond donors (Lipinski definition) is 0. The predicted octanol–water partition coefficient (Wildman–Crippen LogP) is 2.39. The summed E-state index contributed by atoms with van der Waals surface area (Å²) < 4.78 is 0. The van der Waals surface area contributed by atoms with Crippen LogP contribution in [0.2, 0.25) is 0 Å². The molecule has 0 heterocycles. The molecule has 0 aromatic heterocycles. The standard InChI is InChI=1S/C9H13BrO/c1-9(2)5-3-6(9)8(11)7(10)4-5/h5-7H,3-4H2,1-2H3/t5-,6+,7?/m1/s1. The van der Waals surface area contributed by atoms with Gasteiger partial charge in [-0.1, -0.05) is 29.8 Å². The van der Waals surface area contributed by atoms with Gasteiger partial charge in [-0.25, -0.2) is 0 Å². The van der Waals surface area contributed by atoms with Gasteiger partial charge >= 0.3 is 0 Å². The quantitative estimate of drug-likeness (QED) is 0.569. The topological polar surface area (TPSA) is 17.1 Å². The van der Waals surface area contributed by atoms with Crippen molar-refractivity contribution in [3.05, 3.63) is 0 Å². The van der Waals surface area contributed by atoms with E-state index in [1.807, 2.05) is 0 Å². The lowest BCUT2D eigenvalue weighted by Gasteiger charge is -2.56. The van der Waals surface area contributed by atoms with Crippen LogP contribution in [0.1, 0.15) is 26.7 Å². The highest BCUT2D eigenvalue weighted by molar-refractivity contribution is 9.10. The SMILES string of the molecule is CC1(C)[C@H]2CC(Br)C(=O)[C@@H]1C2. The van der Waals surface area contributed by atoms with Crippen LogP contribution in [-0.4, -0.2) is 10.6 Å². The molecule has 0 amide bonds. The Kier molecular flexibility index (Phi) is 1.48. The monoisotopic (exact) mass is 216 g/mol. The molecule has 0 N–H and O–H groups in total. The summed E-state index contributed by atoms with van der Waals surface area (Å²) in [5.41, 5.74) is 0.307. The van der Waals surface area contributed by atoms with E-state index in [9.17, 15) is 4.79 Å². The number of carbonyl (C=O) groups is 1. The van der Waals surface area contributed by atoms with Crippen molar-refractivity contribution in [2.24, 2.45) is 17.3 Å². The van der Waals surface area contributed by atoms with Gasteiger partial charge in [-0.15, -0.1) is 0 Å². The Bertz CT molecular complexity index is 210. The second-order valence-electron chi connectivity index (χ2n) is 4.41. The molecule has 2 bridgehead atoms. The van der Waals surface area contributed by atoms with E-state index in [2.05, 4.69) is 29.8 Å². The van der Waals surface area contributed by atoms with E-state index < -0.39 is 0 Å². The van der Waals surface area contributed by atoms with Gasteiger partial charge in [0.1, 0.15) is 5.78 Å². The number of rotatable bonds is 0. The number of ketones is 1. The van der Waals surface area contributed by atoms with Crippen LogP contribution in [0.3, 0.4) is 0 Å². The summed E-state index contributed by atoms with van der Waals surface area (Å²) in [5.74, 6) is 1.58. The Morgan fingerprint density at radius 2 is 2.09 bits per heavy atom. The van der Waals surface area contributed by atoms with E-state index in [1.165, 1.54) is 0 Å². The average molecular weight is 217 g/mol. The minimum Gasteiger partial charge on any atom is -0.298 e. The van der Waals surface area contributed by atoms with Crippen molar-refractivity contribution in [3.63, 3.8) is 0 Å². The first-order valence-electron chi connectivity index (χ1n) is 4.21. The van der Waals surface area contributed by atoms with Crippen LogP contribution < -0.4 is 0 Å². The normalized spacial score (nSPS) is 46.8. The summed E-state index contributed by atoms with van der Waals surface area (Å²) in [4.78, 5) is 11.7. The fraction of sp³-hybridized carbons (Fsp3) is 0.889. The van der Waals surface area contributed by atoms with Gasteiger partial charge in [-0.2, -0.15) is 0 Å². The van der Waals surface area contributed by atoms with Gasteiger partial charge in [-0.05, 0) is 24.2 Å². The number of alkyl halides is 1. The zero-order valence-electron chi connectivity index (χ0n) is 6.93. The van der Waals surface area contributed by atoms with Gasteiger partial charge in [0, 0.05) is 5.92 Å². The molecule has 1 unspecified atom stereocenters. The highest BCUT2D eigenvalue weighted by Crippen LogP contribution is 2.58. The van der Waals surface area contributed by atoms with Crippen molar-refractivity contribution in [1.82, 2.24) is 0 Å². The maximum atomic E-state index is 11.5. The van der Waals surface area contributed by atoms with Crippen LogP contribution >= 0.6 is 15.9 Å². The third-order valence-electron chi connectivity index (χ3n) is 3.61. The molecule has 2 heteroatoms. The third kappa shape index (κ3) is 0.851. The van der Waals surface area contributed by atoms with Gasteiger partial charge in [0.15, 0.2) is 0 Å². The Balaban J connectivity index is 2.23. The second-order valence-corrected chi connectivity index (χ2v) is 5.52.